The maximum absolute atomic E-state index is 13.4. The van der Waals surface area contributed by atoms with Crippen molar-refractivity contribution in [2.75, 3.05) is 7.11 Å². The van der Waals surface area contributed by atoms with Crippen LogP contribution in [0.1, 0.15) is 42.7 Å². The number of methoxy groups -OCH3 is 1. The highest BCUT2D eigenvalue weighted by molar-refractivity contribution is 6.30. The minimum atomic E-state index is -0.822. The number of esters is 1. The summed E-state index contributed by atoms with van der Waals surface area (Å²) in [5.74, 6) is -2.21. The summed E-state index contributed by atoms with van der Waals surface area (Å²) >= 11 is 6.00. The third-order valence-electron chi connectivity index (χ3n) is 6.13. The molecule has 0 amide bonds. The predicted molar refractivity (Wildman–Crippen MR) is 120 cm³/mol. The molecule has 1 unspecified atom stereocenters. The summed E-state index contributed by atoms with van der Waals surface area (Å²) in [4.78, 5) is 41.6. The van der Waals surface area contributed by atoms with Crippen molar-refractivity contribution in [3.63, 3.8) is 0 Å². The average molecular weight is 453 g/mol. The van der Waals surface area contributed by atoms with Crippen LogP contribution in [-0.4, -0.2) is 29.5 Å². The van der Waals surface area contributed by atoms with Gasteiger partial charge in [-0.05, 0) is 42.5 Å². The molecule has 0 spiro atoms. The van der Waals surface area contributed by atoms with Crippen LogP contribution < -0.4 is 0 Å². The molecule has 164 valence electrons. The number of allylic oxidation sites excluding steroid dienone is 2. The fourth-order valence-electron chi connectivity index (χ4n) is 4.65. The van der Waals surface area contributed by atoms with Crippen molar-refractivity contribution in [2.24, 2.45) is 10.9 Å². The minimum Gasteiger partial charge on any atom is -0.468 e. The van der Waals surface area contributed by atoms with Gasteiger partial charge in [0.2, 0.25) is 0 Å². The van der Waals surface area contributed by atoms with Crippen LogP contribution in [0.4, 0.5) is 5.69 Å². The van der Waals surface area contributed by atoms with E-state index in [9.17, 15) is 19.7 Å². The molecule has 0 saturated carbocycles. The number of nitrogens with zero attached hydrogens (tertiary/aromatic N) is 2. The zero-order valence-corrected chi connectivity index (χ0v) is 18.3. The van der Waals surface area contributed by atoms with E-state index in [1.165, 1.54) is 19.2 Å². The number of ketones is 1. The number of hydrogen-bond donors (Lipinski definition) is 0. The second-order valence-electron chi connectivity index (χ2n) is 8.02. The van der Waals surface area contributed by atoms with Gasteiger partial charge in [0.25, 0.3) is 5.69 Å². The van der Waals surface area contributed by atoms with Gasteiger partial charge >= 0.3 is 5.97 Å². The Labute approximate surface area is 189 Å². The van der Waals surface area contributed by atoms with E-state index in [1.807, 2.05) is 12.1 Å². The molecule has 0 fully saturated rings. The van der Waals surface area contributed by atoms with Crippen LogP contribution in [0.2, 0.25) is 5.02 Å². The number of hydrogen-bond acceptors (Lipinski definition) is 6. The Hall–Kier alpha value is -3.32. The number of halogens is 1. The molecule has 0 aromatic heterocycles. The Balaban J connectivity index is 1.82. The van der Waals surface area contributed by atoms with Crippen molar-refractivity contribution >= 4 is 34.8 Å². The molecule has 0 radical (unpaired) electrons. The zero-order valence-electron chi connectivity index (χ0n) is 17.6. The van der Waals surface area contributed by atoms with E-state index >= 15 is 0 Å². The summed E-state index contributed by atoms with van der Waals surface area (Å²) in [7, 11) is 1.28. The number of benzene rings is 2. The van der Waals surface area contributed by atoms with Crippen LogP contribution in [0.5, 0.6) is 0 Å². The van der Waals surface area contributed by atoms with Gasteiger partial charge in [-0.15, -0.1) is 0 Å². The van der Waals surface area contributed by atoms with E-state index in [4.69, 9.17) is 16.3 Å². The summed E-state index contributed by atoms with van der Waals surface area (Å²) in [6.45, 7) is 1.73. The molecule has 7 nitrogen and oxygen atoms in total. The summed E-state index contributed by atoms with van der Waals surface area (Å²) in [6.07, 6.45) is 0.785. The van der Waals surface area contributed by atoms with Crippen LogP contribution in [0.15, 0.2) is 64.8 Å². The summed E-state index contributed by atoms with van der Waals surface area (Å²) in [6, 6.07) is 13.5. The first kappa shape index (κ1) is 21.9. The lowest BCUT2D eigenvalue weighted by molar-refractivity contribution is -0.384. The molecule has 2 aliphatic rings. The molecule has 2 aromatic rings. The smallest absolute Gasteiger partial charge is 0.315 e. The molecule has 3 atom stereocenters. The standard InChI is InChI=1S/C24H21ClN2O5/c1-13-21(24(29)32-2)22(15-4-3-5-18(10-15)27(30)31)23-19(26-13)11-16(12-20(23)28)14-6-8-17(25)9-7-14/h3-10,16,21-22H,11-12H2,1-2H3/t16-,21?,22-/m1/s1. The van der Waals surface area contributed by atoms with E-state index in [0.29, 0.717) is 34.0 Å². The van der Waals surface area contributed by atoms with E-state index in [1.54, 1.807) is 31.2 Å². The Morgan fingerprint density at radius 3 is 2.53 bits per heavy atom. The second kappa shape index (κ2) is 8.67. The van der Waals surface area contributed by atoms with Crippen LogP contribution in [0, 0.1) is 16.0 Å². The first-order valence-corrected chi connectivity index (χ1v) is 10.6. The van der Waals surface area contributed by atoms with Crippen molar-refractivity contribution in [3.05, 3.63) is 86.1 Å². The normalized spacial score (nSPS) is 22.8. The van der Waals surface area contributed by atoms with Gasteiger partial charge in [0.05, 0.1) is 12.0 Å². The number of nitro benzene ring substituents is 1. The highest BCUT2D eigenvalue weighted by Crippen LogP contribution is 2.47. The minimum absolute atomic E-state index is 0.0597. The fourth-order valence-corrected chi connectivity index (χ4v) is 4.78. The number of carbonyl (C=O) groups excluding carboxylic acids is 2. The third-order valence-corrected chi connectivity index (χ3v) is 6.38. The Morgan fingerprint density at radius 1 is 1.16 bits per heavy atom. The zero-order chi connectivity index (χ0) is 23.0. The van der Waals surface area contributed by atoms with Crippen molar-refractivity contribution in [2.45, 2.75) is 31.6 Å². The molecule has 8 heteroatoms. The Morgan fingerprint density at radius 2 is 1.88 bits per heavy atom. The van der Waals surface area contributed by atoms with Gasteiger partial charge < -0.3 is 4.74 Å². The van der Waals surface area contributed by atoms with Crippen LogP contribution in [0.25, 0.3) is 0 Å². The van der Waals surface area contributed by atoms with Gasteiger partial charge in [-0.2, -0.15) is 0 Å². The highest BCUT2D eigenvalue weighted by Gasteiger charge is 2.44. The van der Waals surface area contributed by atoms with Crippen LogP contribution in [0.3, 0.4) is 0 Å². The van der Waals surface area contributed by atoms with Gasteiger partial charge in [0.1, 0.15) is 5.92 Å². The lowest BCUT2D eigenvalue weighted by atomic mass is 9.69. The van der Waals surface area contributed by atoms with Gasteiger partial charge in [0, 0.05) is 46.5 Å². The van der Waals surface area contributed by atoms with Crippen molar-refractivity contribution in [1.82, 2.24) is 0 Å². The van der Waals surface area contributed by atoms with Crippen LogP contribution in [-0.2, 0) is 14.3 Å². The quantitative estimate of drug-likeness (QED) is 0.369. The molecular weight excluding hydrogens is 432 g/mol. The first-order valence-electron chi connectivity index (χ1n) is 10.2. The molecule has 4 rings (SSSR count). The first-order chi connectivity index (χ1) is 15.3. The van der Waals surface area contributed by atoms with Gasteiger partial charge in [0.15, 0.2) is 5.78 Å². The number of ether oxygens (including phenoxy) is 1. The van der Waals surface area contributed by atoms with Crippen molar-refractivity contribution < 1.29 is 19.2 Å². The molecule has 0 saturated heterocycles. The predicted octanol–water partition coefficient (Wildman–Crippen LogP) is 5.00. The number of carbonyl (C=O) groups is 2. The summed E-state index contributed by atoms with van der Waals surface area (Å²) in [5.41, 5.74) is 3.00. The Bertz CT molecular complexity index is 1170. The highest BCUT2D eigenvalue weighted by atomic mass is 35.5. The van der Waals surface area contributed by atoms with E-state index < -0.39 is 22.7 Å². The van der Waals surface area contributed by atoms with Gasteiger partial charge in [-0.25, -0.2) is 0 Å². The van der Waals surface area contributed by atoms with Gasteiger partial charge in [-0.1, -0.05) is 35.9 Å². The lowest BCUT2D eigenvalue weighted by Gasteiger charge is -2.36. The van der Waals surface area contributed by atoms with Gasteiger partial charge in [-0.3, -0.25) is 24.7 Å². The molecule has 1 aliphatic heterocycles. The number of rotatable bonds is 4. The number of nitro groups is 1. The van der Waals surface area contributed by atoms with E-state index in [0.717, 1.165) is 5.56 Å². The maximum atomic E-state index is 13.4. The topological polar surface area (TPSA) is 98.9 Å². The number of aliphatic imine (C=N–C) groups is 1. The molecule has 1 aliphatic carbocycles. The van der Waals surface area contributed by atoms with E-state index in [-0.39, 0.29) is 23.8 Å². The molecule has 0 N–H and O–H groups in total. The average Bonchev–Trinajstić information content (AvgIpc) is 2.78. The summed E-state index contributed by atoms with van der Waals surface area (Å²) in [5, 5.41) is 12.0. The molecule has 2 aromatic carbocycles. The largest absolute Gasteiger partial charge is 0.468 e. The number of Topliss-reactive ketones (excluding diaryl/α,β-unsaturated/α-hetero) is 1. The molecule has 1 heterocycles. The second-order valence-corrected chi connectivity index (χ2v) is 8.46. The SMILES string of the molecule is COC(=O)C1C(C)=NC2=C(C(=O)C[C@H](c3ccc(Cl)cc3)C2)[C@@H]1c1cccc([N+](=O)[O-])c1. The number of non-ortho nitro benzene ring substituents is 1. The van der Waals surface area contributed by atoms with E-state index in [2.05, 4.69) is 4.99 Å². The van der Waals surface area contributed by atoms with Crippen LogP contribution >= 0.6 is 11.6 Å². The molecular formula is C24H21ClN2O5. The Kier molecular flexibility index (Phi) is 5.93. The monoisotopic (exact) mass is 452 g/mol. The van der Waals surface area contributed by atoms with Crippen molar-refractivity contribution in [3.8, 4) is 0 Å². The lowest BCUT2D eigenvalue weighted by Crippen LogP contribution is -2.37. The fraction of sp³-hybridized carbons (Fsp3) is 0.292. The maximum Gasteiger partial charge on any atom is 0.315 e. The summed E-state index contributed by atoms with van der Waals surface area (Å²) < 4.78 is 5.01. The van der Waals surface area contributed by atoms with Crippen molar-refractivity contribution in [1.29, 1.82) is 0 Å². The third kappa shape index (κ3) is 3.96. The molecule has 32 heavy (non-hydrogen) atoms. The molecule has 0 bridgehead atoms.